The second kappa shape index (κ2) is 9.28. The Morgan fingerprint density at radius 2 is 1.61 bits per heavy atom. The summed E-state index contributed by atoms with van der Waals surface area (Å²) >= 11 is 0. The topological polar surface area (TPSA) is 50.7 Å². The molecule has 0 radical (unpaired) electrons. The van der Waals surface area contributed by atoms with Gasteiger partial charge in [0.05, 0.1) is 6.21 Å². The van der Waals surface area contributed by atoms with Gasteiger partial charge in [-0.15, -0.1) is 0 Å². The smallest absolute Gasteiger partial charge is 0.271 e. The van der Waals surface area contributed by atoms with Crippen molar-refractivity contribution in [3.05, 3.63) is 107 Å². The van der Waals surface area contributed by atoms with Crippen LogP contribution in [0.2, 0.25) is 0 Å². The van der Waals surface area contributed by atoms with E-state index in [0.717, 1.165) is 11.1 Å². The number of carbonyl (C=O) groups excluding carboxylic acids is 1. The molecule has 0 aliphatic carbocycles. The average Bonchev–Trinajstić information content (AvgIpc) is 2.74. The van der Waals surface area contributed by atoms with Crippen LogP contribution in [0.1, 0.15) is 27.0 Å². The van der Waals surface area contributed by atoms with Crippen LogP contribution in [-0.4, -0.2) is 12.1 Å². The van der Waals surface area contributed by atoms with Gasteiger partial charge in [0.25, 0.3) is 5.91 Å². The first-order valence-corrected chi connectivity index (χ1v) is 8.67. The molecule has 3 aromatic rings. The standard InChI is InChI=1S/C23H19FN2O2/c1-2-17-3-5-19(6-4-17)16-28-22-13-9-20(10-14-22)23(27)26-25-15-18-7-11-21(24)12-8-18/h2-15H,1,16H2,(H,26,27)/b25-15+. The van der Waals surface area contributed by atoms with E-state index in [1.165, 1.54) is 18.3 Å². The van der Waals surface area contributed by atoms with Gasteiger partial charge in [-0.1, -0.05) is 49.1 Å². The number of benzene rings is 3. The number of carbonyl (C=O) groups is 1. The Hall–Kier alpha value is -3.73. The summed E-state index contributed by atoms with van der Waals surface area (Å²) in [5, 5.41) is 3.87. The highest BCUT2D eigenvalue weighted by molar-refractivity contribution is 5.94. The molecule has 4 nitrogen and oxygen atoms in total. The Labute approximate surface area is 163 Å². The summed E-state index contributed by atoms with van der Waals surface area (Å²) in [6.45, 7) is 4.16. The van der Waals surface area contributed by atoms with Crippen molar-refractivity contribution in [3.8, 4) is 5.75 Å². The van der Waals surface area contributed by atoms with Crippen LogP contribution in [0, 0.1) is 5.82 Å². The quantitative estimate of drug-likeness (QED) is 0.476. The van der Waals surface area contributed by atoms with E-state index in [9.17, 15) is 9.18 Å². The summed E-state index contributed by atoms with van der Waals surface area (Å²) < 4.78 is 18.6. The van der Waals surface area contributed by atoms with Crippen LogP contribution >= 0.6 is 0 Å². The summed E-state index contributed by atoms with van der Waals surface area (Å²) in [7, 11) is 0. The van der Waals surface area contributed by atoms with Crippen molar-refractivity contribution in [2.24, 2.45) is 5.10 Å². The number of hydrogen-bond donors (Lipinski definition) is 1. The van der Waals surface area contributed by atoms with Crippen LogP contribution in [-0.2, 0) is 6.61 Å². The number of nitrogens with one attached hydrogen (secondary N) is 1. The third-order valence-electron chi connectivity index (χ3n) is 3.99. The van der Waals surface area contributed by atoms with Crippen molar-refractivity contribution in [2.75, 3.05) is 0 Å². The lowest BCUT2D eigenvalue weighted by atomic mass is 10.1. The van der Waals surface area contributed by atoms with Gasteiger partial charge >= 0.3 is 0 Å². The fraction of sp³-hybridized carbons (Fsp3) is 0.0435. The van der Waals surface area contributed by atoms with Crippen LogP contribution < -0.4 is 10.2 Å². The van der Waals surface area contributed by atoms with Crippen LogP contribution in [0.4, 0.5) is 4.39 Å². The molecule has 1 N–H and O–H groups in total. The first kappa shape index (κ1) is 19.0. The Balaban J connectivity index is 1.51. The number of ether oxygens (including phenoxy) is 1. The third-order valence-corrected chi connectivity index (χ3v) is 3.99. The summed E-state index contributed by atoms with van der Waals surface area (Å²) in [4.78, 5) is 12.1. The summed E-state index contributed by atoms with van der Waals surface area (Å²) in [6, 6.07) is 20.5. The SMILES string of the molecule is C=Cc1ccc(COc2ccc(C(=O)N/N=C/c3ccc(F)cc3)cc2)cc1. The maximum Gasteiger partial charge on any atom is 0.271 e. The maximum atomic E-state index is 12.8. The second-order valence-electron chi connectivity index (χ2n) is 6.01. The predicted molar refractivity (Wildman–Crippen MR) is 109 cm³/mol. The molecule has 0 atom stereocenters. The molecule has 3 rings (SSSR count). The summed E-state index contributed by atoms with van der Waals surface area (Å²) in [5.74, 6) is 0.00126. The zero-order chi connectivity index (χ0) is 19.8. The molecule has 5 heteroatoms. The van der Waals surface area contributed by atoms with Gasteiger partial charge in [-0.05, 0) is 53.1 Å². The largest absolute Gasteiger partial charge is 0.489 e. The van der Waals surface area contributed by atoms with Gasteiger partial charge in [0.1, 0.15) is 18.2 Å². The molecular formula is C23H19FN2O2. The molecule has 0 bridgehead atoms. The number of rotatable bonds is 7. The molecule has 3 aromatic carbocycles. The molecule has 0 saturated carbocycles. The molecule has 0 aromatic heterocycles. The van der Waals surface area contributed by atoms with Gasteiger partial charge in [0.15, 0.2) is 0 Å². The van der Waals surface area contributed by atoms with E-state index in [4.69, 9.17) is 4.74 Å². The molecule has 0 unspecified atom stereocenters. The highest BCUT2D eigenvalue weighted by atomic mass is 19.1. The van der Waals surface area contributed by atoms with Crippen molar-refractivity contribution in [1.82, 2.24) is 5.43 Å². The normalized spacial score (nSPS) is 10.6. The molecule has 0 spiro atoms. The van der Waals surface area contributed by atoms with E-state index in [2.05, 4.69) is 17.1 Å². The minimum atomic E-state index is -0.343. The summed E-state index contributed by atoms with van der Waals surface area (Å²) in [5.41, 5.74) is 5.68. The van der Waals surface area contributed by atoms with Crippen molar-refractivity contribution >= 4 is 18.2 Å². The molecule has 0 heterocycles. The predicted octanol–water partition coefficient (Wildman–Crippen LogP) is 4.81. The Bertz CT molecular complexity index is 963. The van der Waals surface area contributed by atoms with E-state index in [0.29, 0.717) is 23.5 Å². The molecule has 0 fully saturated rings. The van der Waals surface area contributed by atoms with Gasteiger partial charge in [-0.2, -0.15) is 5.10 Å². The second-order valence-corrected chi connectivity index (χ2v) is 6.01. The van der Waals surface area contributed by atoms with Crippen LogP contribution in [0.3, 0.4) is 0 Å². The molecule has 140 valence electrons. The maximum absolute atomic E-state index is 12.8. The summed E-state index contributed by atoms with van der Waals surface area (Å²) in [6.07, 6.45) is 3.24. The lowest BCUT2D eigenvalue weighted by Crippen LogP contribution is -2.17. The Kier molecular flexibility index (Phi) is 6.31. The third kappa shape index (κ3) is 5.38. The van der Waals surface area contributed by atoms with Gasteiger partial charge in [-0.3, -0.25) is 4.79 Å². The van der Waals surface area contributed by atoms with Gasteiger partial charge in [-0.25, -0.2) is 9.82 Å². The first-order valence-electron chi connectivity index (χ1n) is 8.67. The highest BCUT2D eigenvalue weighted by Crippen LogP contribution is 2.15. The van der Waals surface area contributed by atoms with E-state index in [-0.39, 0.29) is 11.7 Å². The minimum Gasteiger partial charge on any atom is -0.489 e. The Morgan fingerprint density at radius 3 is 2.25 bits per heavy atom. The molecule has 0 saturated heterocycles. The number of amides is 1. The van der Waals surface area contributed by atoms with Gasteiger partial charge < -0.3 is 4.74 Å². The molecule has 28 heavy (non-hydrogen) atoms. The monoisotopic (exact) mass is 374 g/mol. The molecule has 0 aliphatic rings. The van der Waals surface area contributed by atoms with Crippen molar-refractivity contribution in [2.45, 2.75) is 6.61 Å². The van der Waals surface area contributed by atoms with Crippen molar-refractivity contribution in [1.29, 1.82) is 0 Å². The first-order chi connectivity index (χ1) is 13.6. The van der Waals surface area contributed by atoms with Crippen LogP contribution in [0.25, 0.3) is 6.08 Å². The lowest BCUT2D eigenvalue weighted by Gasteiger charge is -2.07. The fourth-order valence-electron chi connectivity index (χ4n) is 2.40. The Morgan fingerprint density at radius 1 is 0.964 bits per heavy atom. The minimum absolute atomic E-state index is 0.322. The average molecular weight is 374 g/mol. The zero-order valence-corrected chi connectivity index (χ0v) is 15.1. The van der Waals surface area contributed by atoms with Crippen LogP contribution in [0.15, 0.2) is 84.5 Å². The zero-order valence-electron chi connectivity index (χ0n) is 15.1. The highest BCUT2D eigenvalue weighted by Gasteiger charge is 2.04. The van der Waals surface area contributed by atoms with Gasteiger partial charge in [0.2, 0.25) is 0 Å². The van der Waals surface area contributed by atoms with Crippen molar-refractivity contribution < 1.29 is 13.9 Å². The van der Waals surface area contributed by atoms with E-state index < -0.39 is 0 Å². The number of nitrogens with zero attached hydrogens (tertiary/aromatic N) is 1. The van der Waals surface area contributed by atoms with E-state index in [1.807, 2.05) is 24.3 Å². The number of hydrogen-bond acceptors (Lipinski definition) is 3. The number of halogens is 1. The van der Waals surface area contributed by atoms with E-state index >= 15 is 0 Å². The van der Waals surface area contributed by atoms with Crippen molar-refractivity contribution in [3.63, 3.8) is 0 Å². The van der Waals surface area contributed by atoms with Crippen LogP contribution in [0.5, 0.6) is 5.75 Å². The van der Waals surface area contributed by atoms with E-state index in [1.54, 1.807) is 42.5 Å². The fourth-order valence-corrected chi connectivity index (χ4v) is 2.40. The number of hydrazone groups is 1. The molecule has 1 amide bonds. The lowest BCUT2D eigenvalue weighted by molar-refractivity contribution is 0.0955. The molecule has 0 aliphatic heterocycles. The van der Waals surface area contributed by atoms with Gasteiger partial charge in [0, 0.05) is 5.56 Å². The molecular weight excluding hydrogens is 355 g/mol.